The monoisotopic (exact) mass is 458 g/mol. The predicted octanol–water partition coefficient (Wildman–Crippen LogP) is 3.93. The predicted molar refractivity (Wildman–Crippen MR) is 123 cm³/mol. The van der Waals surface area contributed by atoms with Crippen molar-refractivity contribution in [2.75, 3.05) is 25.0 Å². The van der Waals surface area contributed by atoms with Gasteiger partial charge in [0.1, 0.15) is 0 Å². The first-order chi connectivity index (χ1) is 15.4. The standard InChI is InChI=1S/C24H30N2O5S/c1-2-22(19-11-6-5-7-12-19)24(28)31-18-23(27)25-20-13-10-14-21(17-20)32(29,30)26-15-8-3-4-9-16-26/h5-7,10-14,17,22H,2-4,8-9,15-16,18H2,1H3,(H,25,27). The van der Waals surface area contributed by atoms with Crippen molar-refractivity contribution in [2.45, 2.75) is 49.8 Å². The first-order valence-corrected chi connectivity index (χ1v) is 12.5. The van der Waals surface area contributed by atoms with Crippen LogP contribution in [0.4, 0.5) is 5.69 Å². The molecule has 1 heterocycles. The van der Waals surface area contributed by atoms with Crippen molar-refractivity contribution in [1.29, 1.82) is 0 Å². The minimum Gasteiger partial charge on any atom is -0.455 e. The molecule has 1 aliphatic rings. The van der Waals surface area contributed by atoms with Crippen LogP contribution in [0.1, 0.15) is 50.5 Å². The molecule has 1 N–H and O–H groups in total. The summed E-state index contributed by atoms with van der Waals surface area (Å²) in [7, 11) is -3.62. The highest BCUT2D eigenvalue weighted by Crippen LogP contribution is 2.23. The van der Waals surface area contributed by atoms with Gasteiger partial charge in [0, 0.05) is 18.8 Å². The molecular weight excluding hydrogens is 428 g/mol. The lowest BCUT2D eigenvalue weighted by molar-refractivity contribution is -0.149. The zero-order valence-electron chi connectivity index (χ0n) is 18.3. The summed E-state index contributed by atoms with van der Waals surface area (Å²) in [5, 5.41) is 2.62. The molecule has 172 valence electrons. The van der Waals surface area contributed by atoms with Crippen LogP contribution in [0.5, 0.6) is 0 Å². The fraction of sp³-hybridized carbons (Fsp3) is 0.417. The van der Waals surface area contributed by atoms with Gasteiger partial charge < -0.3 is 10.1 Å². The van der Waals surface area contributed by atoms with E-state index in [9.17, 15) is 18.0 Å². The summed E-state index contributed by atoms with van der Waals surface area (Å²) in [4.78, 5) is 24.9. The number of sulfonamides is 1. The van der Waals surface area contributed by atoms with E-state index in [0.717, 1.165) is 31.2 Å². The van der Waals surface area contributed by atoms with Crippen LogP contribution in [0.25, 0.3) is 0 Å². The maximum atomic E-state index is 13.0. The Labute approximate surface area is 189 Å². The Morgan fingerprint density at radius 3 is 2.34 bits per heavy atom. The van der Waals surface area contributed by atoms with Gasteiger partial charge in [-0.15, -0.1) is 0 Å². The maximum Gasteiger partial charge on any atom is 0.313 e. The van der Waals surface area contributed by atoms with Gasteiger partial charge >= 0.3 is 5.97 Å². The van der Waals surface area contributed by atoms with E-state index < -0.39 is 34.4 Å². The van der Waals surface area contributed by atoms with E-state index in [4.69, 9.17) is 4.74 Å². The average Bonchev–Trinajstić information content (AvgIpc) is 3.09. The molecule has 8 heteroatoms. The molecule has 2 aromatic rings. The SMILES string of the molecule is CCC(C(=O)OCC(=O)Nc1cccc(S(=O)(=O)N2CCCCCC2)c1)c1ccccc1. The van der Waals surface area contributed by atoms with E-state index in [1.807, 2.05) is 37.3 Å². The van der Waals surface area contributed by atoms with E-state index in [1.54, 1.807) is 12.1 Å². The first kappa shape index (κ1) is 23.9. The highest BCUT2D eigenvalue weighted by Gasteiger charge is 2.25. The van der Waals surface area contributed by atoms with E-state index in [0.29, 0.717) is 25.2 Å². The number of nitrogens with zero attached hydrogens (tertiary/aromatic N) is 1. The maximum absolute atomic E-state index is 13.0. The first-order valence-electron chi connectivity index (χ1n) is 11.0. The number of nitrogens with one attached hydrogen (secondary N) is 1. The summed E-state index contributed by atoms with van der Waals surface area (Å²) < 4.78 is 32.7. The van der Waals surface area contributed by atoms with Gasteiger partial charge in [0.25, 0.3) is 5.91 Å². The van der Waals surface area contributed by atoms with Crippen molar-refractivity contribution in [3.8, 4) is 0 Å². The Hall–Kier alpha value is -2.71. The lowest BCUT2D eigenvalue weighted by Crippen LogP contribution is -2.32. The van der Waals surface area contributed by atoms with Gasteiger partial charge in [-0.2, -0.15) is 4.31 Å². The number of ether oxygens (including phenoxy) is 1. The van der Waals surface area contributed by atoms with Crippen molar-refractivity contribution in [1.82, 2.24) is 4.31 Å². The zero-order valence-corrected chi connectivity index (χ0v) is 19.1. The van der Waals surface area contributed by atoms with E-state index in [2.05, 4.69) is 5.32 Å². The van der Waals surface area contributed by atoms with Gasteiger partial charge in [0.15, 0.2) is 6.61 Å². The number of rotatable bonds is 8. The Bertz CT molecular complexity index is 1020. The fourth-order valence-corrected chi connectivity index (χ4v) is 5.39. The van der Waals surface area contributed by atoms with Crippen LogP contribution in [0.2, 0.25) is 0 Å². The quantitative estimate of drug-likeness (QED) is 0.605. The Balaban J connectivity index is 1.60. The van der Waals surface area contributed by atoms with Crippen LogP contribution < -0.4 is 5.32 Å². The van der Waals surface area contributed by atoms with Gasteiger partial charge in [-0.3, -0.25) is 9.59 Å². The lowest BCUT2D eigenvalue weighted by Gasteiger charge is -2.20. The highest BCUT2D eigenvalue weighted by atomic mass is 32.2. The average molecular weight is 459 g/mol. The van der Waals surface area contributed by atoms with Gasteiger partial charge in [-0.1, -0.05) is 56.2 Å². The van der Waals surface area contributed by atoms with Crippen molar-refractivity contribution in [3.63, 3.8) is 0 Å². The molecule has 0 radical (unpaired) electrons. The molecule has 2 aromatic carbocycles. The van der Waals surface area contributed by atoms with Crippen molar-refractivity contribution in [3.05, 3.63) is 60.2 Å². The Morgan fingerprint density at radius 1 is 1.00 bits per heavy atom. The van der Waals surface area contributed by atoms with Gasteiger partial charge in [0.2, 0.25) is 10.0 Å². The Kier molecular flexibility index (Phi) is 8.41. The highest BCUT2D eigenvalue weighted by molar-refractivity contribution is 7.89. The van der Waals surface area contributed by atoms with Crippen LogP contribution in [0, 0.1) is 0 Å². The third-order valence-electron chi connectivity index (χ3n) is 5.56. The molecule has 1 aliphatic heterocycles. The third-order valence-corrected chi connectivity index (χ3v) is 7.46. The van der Waals surface area contributed by atoms with Gasteiger partial charge in [0.05, 0.1) is 10.8 Å². The number of esters is 1. The minimum absolute atomic E-state index is 0.143. The summed E-state index contributed by atoms with van der Waals surface area (Å²) in [5.74, 6) is -1.43. The van der Waals surface area contributed by atoms with E-state index in [-0.39, 0.29) is 4.90 Å². The van der Waals surface area contributed by atoms with Gasteiger partial charge in [-0.25, -0.2) is 8.42 Å². The summed E-state index contributed by atoms with van der Waals surface area (Å²) in [6.45, 7) is 2.46. The molecule has 3 rings (SSSR count). The second-order valence-electron chi connectivity index (χ2n) is 7.87. The van der Waals surface area contributed by atoms with Crippen molar-refractivity contribution < 1.29 is 22.7 Å². The van der Waals surface area contributed by atoms with Crippen LogP contribution in [-0.2, 0) is 24.3 Å². The topological polar surface area (TPSA) is 92.8 Å². The number of hydrogen-bond donors (Lipinski definition) is 1. The number of benzene rings is 2. The van der Waals surface area contributed by atoms with Crippen LogP contribution >= 0.6 is 0 Å². The molecule has 1 saturated heterocycles. The van der Waals surface area contributed by atoms with Crippen LogP contribution in [0.15, 0.2) is 59.5 Å². The van der Waals surface area contributed by atoms with E-state index in [1.165, 1.54) is 16.4 Å². The van der Waals surface area contributed by atoms with Gasteiger partial charge in [-0.05, 0) is 43.0 Å². The molecule has 1 fully saturated rings. The lowest BCUT2D eigenvalue weighted by atomic mass is 9.97. The zero-order chi connectivity index (χ0) is 23.0. The molecule has 1 atom stereocenters. The number of carbonyl (C=O) groups is 2. The largest absolute Gasteiger partial charge is 0.455 e. The molecule has 1 amide bonds. The normalized spacial score (nSPS) is 16.0. The van der Waals surface area contributed by atoms with Crippen molar-refractivity contribution >= 4 is 27.6 Å². The summed E-state index contributed by atoms with van der Waals surface area (Å²) in [5.41, 5.74) is 1.18. The second-order valence-corrected chi connectivity index (χ2v) is 9.81. The fourth-order valence-electron chi connectivity index (χ4n) is 3.82. The molecule has 0 aromatic heterocycles. The number of carbonyl (C=O) groups excluding carboxylic acids is 2. The third kappa shape index (κ3) is 6.17. The van der Waals surface area contributed by atoms with Crippen LogP contribution in [-0.4, -0.2) is 44.3 Å². The van der Waals surface area contributed by atoms with Crippen LogP contribution in [0.3, 0.4) is 0 Å². The molecule has 7 nitrogen and oxygen atoms in total. The Morgan fingerprint density at radius 2 is 1.69 bits per heavy atom. The minimum atomic E-state index is -3.62. The molecule has 0 saturated carbocycles. The molecule has 0 bridgehead atoms. The smallest absolute Gasteiger partial charge is 0.313 e. The molecular formula is C24H30N2O5S. The van der Waals surface area contributed by atoms with Crippen molar-refractivity contribution in [2.24, 2.45) is 0 Å². The summed E-state index contributed by atoms with van der Waals surface area (Å²) in [6.07, 6.45) is 4.32. The summed E-state index contributed by atoms with van der Waals surface area (Å²) >= 11 is 0. The van der Waals surface area contributed by atoms with E-state index >= 15 is 0 Å². The molecule has 0 aliphatic carbocycles. The number of hydrogen-bond acceptors (Lipinski definition) is 5. The number of amides is 1. The molecule has 0 spiro atoms. The number of anilines is 1. The molecule has 32 heavy (non-hydrogen) atoms. The second kappa shape index (κ2) is 11.2. The summed E-state index contributed by atoms with van der Waals surface area (Å²) in [6, 6.07) is 15.5. The molecule has 1 unspecified atom stereocenters.